The van der Waals surface area contributed by atoms with Crippen molar-refractivity contribution in [3.05, 3.63) is 89.0 Å². The molecule has 0 radical (unpaired) electrons. The molecule has 2 aromatic rings. The van der Waals surface area contributed by atoms with Gasteiger partial charge in [0.25, 0.3) is 0 Å². The summed E-state index contributed by atoms with van der Waals surface area (Å²) in [5, 5.41) is 10.9. The Labute approximate surface area is 622 Å². The van der Waals surface area contributed by atoms with E-state index < -0.39 is 27.4 Å². The summed E-state index contributed by atoms with van der Waals surface area (Å²) in [7, 11) is -0.142. The minimum atomic E-state index is -3.78. The number of aliphatic carboxylic acids is 1. The van der Waals surface area contributed by atoms with Crippen LogP contribution in [0.25, 0.3) is 0 Å². The van der Waals surface area contributed by atoms with E-state index in [4.69, 9.17) is 38.9 Å². The van der Waals surface area contributed by atoms with Crippen LogP contribution in [0.2, 0.25) is 0 Å². The summed E-state index contributed by atoms with van der Waals surface area (Å²) in [4.78, 5) is 28.4. The monoisotopic (exact) mass is 1450 g/mol. The molecule has 8 aliphatic carbocycles. The highest BCUT2D eigenvalue weighted by Gasteiger charge is 2.75. The zero-order chi connectivity index (χ0) is 75.6. The average molecular weight is 1450 g/mol. The van der Waals surface area contributed by atoms with Gasteiger partial charge in [0.1, 0.15) is 6.61 Å². The van der Waals surface area contributed by atoms with Crippen LogP contribution in [0, 0.1) is 131 Å². The lowest BCUT2D eigenvalue weighted by Gasteiger charge is -2.71. The van der Waals surface area contributed by atoms with Crippen LogP contribution in [0.15, 0.2) is 82.8 Å². The lowest BCUT2D eigenvalue weighted by Crippen LogP contribution is -2.70. The van der Waals surface area contributed by atoms with Gasteiger partial charge >= 0.3 is 11.9 Å². The first-order valence-electron chi connectivity index (χ1n) is 40.0. The maximum atomic E-state index is 14.8. The smallest absolute Gasteiger partial charge is 0.310 e. The predicted octanol–water partition coefficient (Wildman–Crippen LogP) is 17.7. The Bertz CT molecular complexity index is 3560. The number of carbonyl (C=O) groups excluding carboxylic acids is 1. The maximum Gasteiger partial charge on any atom is 0.310 e. The third-order valence-corrected chi connectivity index (χ3v) is 34.1. The van der Waals surface area contributed by atoms with E-state index in [9.17, 15) is 23.1 Å². The molecule has 8 fully saturated rings. The number of esters is 1. The number of nitrogens with one attached hydrogen (secondary N) is 1. The number of ether oxygens (including phenoxy) is 7. The van der Waals surface area contributed by atoms with Crippen LogP contribution in [0.5, 0.6) is 0 Å². The summed E-state index contributed by atoms with van der Waals surface area (Å²) in [6, 6.07) is 16.5. The Hall–Kier alpha value is -3.51. The van der Waals surface area contributed by atoms with E-state index in [1.165, 1.54) is 5.57 Å². The standard InChI is InChI=1S/C51H75NO7S.C37H63NO5/c1-33(2)35(4)47(8)26-27-49(10)38-22-23-41-48(9)31-57-32-51(41,39(38)24-25-50(49,11)43(47)45(53)59-29-36-16-14-13-15-17-36)28-40(56-12)44(48)58-30-42(46(5,6)7)52-60(54,55)37-20-18-34(3)19-21-37;1-22(2)23(3)33(7)16-17-35(9)24-12-13-27-34(8)20-42-21-37(27,25(24)14-15-36(35,10)29(33)31(39)40)18-26(41-11)30(34)43-19-28(38)32(4,5)6/h13-21,24,33,35,38,40-44,52H,22-23,25-32H2,1-12H3;14,22-24,26-30H,12-13,15-21,38H2,1-11H3,(H,39,40)/t35-,38+,40-,41+,42-,43-,44+,47-,48-,49-,50+,51+;23-,24+,26-,27+,28+,29-,30+,33-,34-,35-,36+,37+/m11/s1. The molecule has 2 aromatic carbocycles. The molecule has 2 aliphatic heterocycles. The number of hydrogen-bond acceptors (Lipinski definition) is 12. The van der Waals surface area contributed by atoms with Gasteiger partial charge in [-0.05, 0) is 192 Å². The third kappa shape index (κ3) is 13.1. The van der Waals surface area contributed by atoms with Gasteiger partial charge in [-0.3, -0.25) is 9.59 Å². The molecule has 24 atom stereocenters. The number of carboxylic acid groups (broad SMARTS) is 1. The molecule has 4 bridgehead atoms. The molecule has 10 aliphatic rings. The molecule has 12 rings (SSSR count). The second-order valence-corrected chi connectivity index (χ2v) is 42.0. The van der Waals surface area contributed by atoms with E-state index in [0.29, 0.717) is 73.8 Å². The fraction of sp³-hybridized carbons (Fsp3) is 0.795. The zero-order valence-corrected chi connectivity index (χ0v) is 68.8. The summed E-state index contributed by atoms with van der Waals surface area (Å²) in [6.45, 7) is 51.1. The highest BCUT2D eigenvalue weighted by Crippen LogP contribution is 2.78. The first kappa shape index (κ1) is 80.5. The molecule has 0 amide bonds. The van der Waals surface area contributed by atoms with Crippen molar-refractivity contribution in [2.45, 2.75) is 270 Å². The second kappa shape index (κ2) is 28.4. The van der Waals surface area contributed by atoms with Gasteiger partial charge < -0.3 is 44.0 Å². The number of allylic oxidation sites excluding steroid dienone is 2. The van der Waals surface area contributed by atoms with Crippen LogP contribution < -0.4 is 10.5 Å². The fourth-order valence-electron chi connectivity index (χ4n) is 25.0. The van der Waals surface area contributed by atoms with Crippen molar-refractivity contribution < 1.29 is 56.3 Å². The summed E-state index contributed by atoms with van der Waals surface area (Å²) in [5.74, 6) is 1.70. The first-order chi connectivity index (χ1) is 47.9. The van der Waals surface area contributed by atoms with E-state index in [1.54, 1.807) is 24.8 Å². The molecular weight excluding hydrogens is 1310 g/mol. The topological polar surface area (TPSA) is 191 Å². The molecule has 4 N–H and O–H groups in total. The lowest BCUT2D eigenvalue weighted by molar-refractivity contribution is -0.268. The quantitative estimate of drug-likeness (QED) is 0.0890. The van der Waals surface area contributed by atoms with Gasteiger partial charge in [-0.25, -0.2) is 13.1 Å². The number of sulfonamides is 1. The van der Waals surface area contributed by atoms with Crippen LogP contribution in [-0.2, 0) is 59.4 Å². The molecule has 2 saturated heterocycles. The lowest BCUT2D eigenvalue weighted by atomic mass is 9.34. The van der Waals surface area contributed by atoms with Gasteiger partial charge in [0.2, 0.25) is 10.0 Å². The second-order valence-electron chi connectivity index (χ2n) is 40.2. The molecule has 0 spiro atoms. The van der Waals surface area contributed by atoms with Gasteiger partial charge in [0.05, 0.1) is 86.8 Å². The van der Waals surface area contributed by atoms with Crippen LogP contribution in [0.1, 0.15) is 227 Å². The Kier molecular flexibility index (Phi) is 22.2. The van der Waals surface area contributed by atoms with Crippen molar-refractivity contribution in [2.24, 2.45) is 130 Å². The molecule has 14 nitrogen and oxygen atoms in total. The predicted molar refractivity (Wildman–Crippen MR) is 409 cm³/mol. The van der Waals surface area contributed by atoms with Crippen LogP contribution in [-0.4, -0.2) is 116 Å². The minimum absolute atomic E-state index is 0.0329. The van der Waals surface area contributed by atoms with Crippen LogP contribution >= 0.6 is 0 Å². The molecule has 103 heavy (non-hydrogen) atoms. The SMILES string of the molecule is CO[C@@H]1C[C@@]23COC[C@](C)([C@@H]2CC[C@H]2C3=CC[C@@]3(C)[C@H](C(=O)O)[C@@](C)([C@H](C)C(C)C)CC[C@]23C)[C@H]1OC[C@H](N)C(C)(C)C.CO[C@@H]1C[C@@]23COC[C@](C)([C@@H]2CC[C@H]2C3=CC[C@@]3(C)[C@H](C(=O)OCc4ccccc4)[C@@](C)([C@H](C)C(C)C)CC[C@]23C)[C@H]1OC[C@@H](NS(=O)(=O)c1ccc(C)cc1)C(C)(C)C. The Morgan fingerprint density at radius 1 is 0.602 bits per heavy atom. The number of carbonyl (C=O) groups is 2. The number of methoxy groups -OCH3 is 2. The van der Waals surface area contributed by atoms with Gasteiger partial charge in [-0.15, -0.1) is 0 Å². The van der Waals surface area contributed by atoms with E-state index in [2.05, 4.69) is 155 Å². The number of rotatable bonds is 19. The van der Waals surface area contributed by atoms with Gasteiger partial charge in [-0.1, -0.05) is 210 Å². The molecule has 15 heteroatoms. The molecule has 0 unspecified atom stereocenters. The fourth-order valence-corrected chi connectivity index (χ4v) is 26.5. The normalized spacial score (nSPS) is 41.7. The molecular formula is C88H138N2O12S. The molecule has 0 aromatic heterocycles. The molecule has 578 valence electrons. The number of aryl methyl sites for hydroxylation is 1. The van der Waals surface area contributed by atoms with Gasteiger partial charge in [0.15, 0.2) is 0 Å². The average Bonchev–Trinajstić information content (AvgIpc) is 0.676. The van der Waals surface area contributed by atoms with Crippen molar-refractivity contribution in [2.75, 3.05) is 53.9 Å². The van der Waals surface area contributed by atoms with E-state index in [0.717, 1.165) is 94.8 Å². The summed E-state index contributed by atoms with van der Waals surface area (Å²) >= 11 is 0. The number of carboxylic acids is 1. The number of fused-ring (bicyclic) bond motifs is 6. The largest absolute Gasteiger partial charge is 0.481 e. The Morgan fingerprint density at radius 3 is 1.48 bits per heavy atom. The van der Waals surface area contributed by atoms with Crippen molar-refractivity contribution in [3.63, 3.8) is 0 Å². The summed E-state index contributed by atoms with van der Waals surface area (Å²) in [6.07, 6.45) is 16.2. The van der Waals surface area contributed by atoms with Crippen molar-refractivity contribution in [3.8, 4) is 0 Å². The third-order valence-electron chi connectivity index (χ3n) is 32.6. The van der Waals surface area contributed by atoms with E-state index in [-0.39, 0.29) is 126 Å². The van der Waals surface area contributed by atoms with E-state index in [1.807, 2.05) is 56.5 Å². The molecule has 2 heterocycles. The number of benzene rings is 2. The molecule has 6 saturated carbocycles. The zero-order valence-electron chi connectivity index (χ0n) is 67.9. The van der Waals surface area contributed by atoms with Crippen molar-refractivity contribution >= 4 is 22.0 Å². The summed E-state index contributed by atoms with van der Waals surface area (Å²) in [5.41, 5.74) is 9.10. The van der Waals surface area contributed by atoms with Crippen LogP contribution in [0.3, 0.4) is 0 Å². The highest BCUT2D eigenvalue weighted by molar-refractivity contribution is 7.89. The van der Waals surface area contributed by atoms with Crippen molar-refractivity contribution in [1.82, 2.24) is 4.72 Å². The summed E-state index contributed by atoms with van der Waals surface area (Å²) < 4.78 is 76.6. The number of hydrogen-bond donors (Lipinski definition) is 3. The Balaban J connectivity index is 0.000000218. The van der Waals surface area contributed by atoms with Gasteiger partial charge in [0, 0.05) is 41.9 Å². The van der Waals surface area contributed by atoms with Crippen LogP contribution in [0.4, 0.5) is 0 Å². The van der Waals surface area contributed by atoms with E-state index >= 15 is 0 Å². The highest BCUT2D eigenvalue weighted by atomic mass is 32.2. The number of nitrogens with two attached hydrogens (primary N) is 1. The first-order valence-corrected chi connectivity index (χ1v) is 41.5. The minimum Gasteiger partial charge on any atom is -0.481 e. The van der Waals surface area contributed by atoms with Gasteiger partial charge in [-0.2, -0.15) is 0 Å². The maximum absolute atomic E-state index is 14.8. The van der Waals surface area contributed by atoms with Crippen molar-refractivity contribution in [1.29, 1.82) is 0 Å². The Morgan fingerprint density at radius 2 is 1.05 bits per heavy atom.